The molecule has 0 aromatic heterocycles. The first-order chi connectivity index (χ1) is 14.8. The SMILES string of the molecule is CCNC(=NCCc1ccc2c(c1)OCO2)N1CCC(OCC2CCCCO2)CC1. The summed E-state index contributed by atoms with van der Waals surface area (Å²) in [5.41, 5.74) is 1.22. The van der Waals surface area contributed by atoms with Gasteiger partial charge >= 0.3 is 0 Å². The van der Waals surface area contributed by atoms with Crippen LogP contribution in [0.2, 0.25) is 0 Å². The Bertz CT molecular complexity index is 698. The highest BCUT2D eigenvalue weighted by Crippen LogP contribution is 2.32. The third kappa shape index (κ3) is 5.79. The summed E-state index contributed by atoms with van der Waals surface area (Å²) < 4.78 is 22.8. The molecule has 2 saturated heterocycles. The van der Waals surface area contributed by atoms with Gasteiger partial charge in [-0.15, -0.1) is 0 Å². The second kappa shape index (κ2) is 10.9. The summed E-state index contributed by atoms with van der Waals surface area (Å²) in [5, 5.41) is 3.45. The molecule has 0 saturated carbocycles. The number of guanidine groups is 1. The lowest BCUT2D eigenvalue weighted by Gasteiger charge is -2.35. The van der Waals surface area contributed by atoms with E-state index >= 15 is 0 Å². The number of nitrogens with zero attached hydrogens (tertiary/aromatic N) is 2. The van der Waals surface area contributed by atoms with Gasteiger partial charge in [0.1, 0.15) is 0 Å². The van der Waals surface area contributed by atoms with Gasteiger partial charge in [0.15, 0.2) is 17.5 Å². The van der Waals surface area contributed by atoms with Crippen molar-refractivity contribution in [2.75, 3.05) is 46.2 Å². The van der Waals surface area contributed by atoms with Crippen LogP contribution in [0.4, 0.5) is 0 Å². The molecule has 0 spiro atoms. The van der Waals surface area contributed by atoms with Crippen molar-refractivity contribution in [1.82, 2.24) is 10.2 Å². The van der Waals surface area contributed by atoms with Crippen LogP contribution in [0, 0.1) is 0 Å². The Morgan fingerprint density at radius 2 is 2.03 bits per heavy atom. The normalized spacial score (nSPS) is 22.4. The molecule has 1 aromatic carbocycles. The zero-order valence-electron chi connectivity index (χ0n) is 18.1. The topological polar surface area (TPSA) is 64.6 Å². The monoisotopic (exact) mass is 417 g/mol. The summed E-state index contributed by atoms with van der Waals surface area (Å²) in [6.45, 7) is 7.64. The number of fused-ring (bicyclic) bond motifs is 1. The molecule has 0 amide bonds. The van der Waals surface area contributed by atoms with Crippen LogP contribution in [0.1, 0.15) is 44.6 Å². The average molecular weight is 418 g/mol. The number of nitrogens with one attached hydrogen (secondary N) is 1. The van der Waals surface area contributed by atoms with Crippen molar-refractivity contribution < 1.29 is 18.9 Å². The highest BCUT2D eigenvalue weighted by Gasteiger charge is 2.23. The number of hydrogen-bond donors (Lipinski definition) is 1. The van der Waals surface area contributed by atoms with E-state index < -0.39 is 0 Å². The minimum atomic E-state index is 0.298. The van der Waals surface area contributed by atoms with Gasteiger partial charge in [-0.2, -0.15) is 0 Å². The predicted octanol–water partition coefficient (Wildman–Crippen LogP) is 2.97. The Balaban J connectivity index is 1.22. The molecule has 1 N–H and O–H groups in total. The zero-order chi connectivity index (χ0) is 20.6. The smallest absolute Gasteiger partial charge is 0.231 e. The van der Waals surface area contributed by atoms with Gasteiger partial charge in [0.05, 0.1) is 18.8 Å². The average Bonchev–Trinajstić information content (AvgIpc) is 3.26. The fraction of sp³-hybridized carbons (Fsp3) is 0.696. The van der Waals surface area contributed by atoms with Gasteiger partial charge < -0.3 is 29.2 Å². The fourth-order valence-electron chi connectivity index (χ4n) is 4.23. The van der Waals surface area contributed by atoms with Crippen LogP contribution in [0.25, 0.3) is 0 Å². The lowest BCUT2D eigenvalue weighted by Crippen LogP contribution is -2.47. The van der Waals surface area contributed by atoms with E-state index in [1.54, 1.807) is 0 Å². The highest BCUT2D eigenvalue weighted by atomic mass is 16.7. The fourth-order valence-corrected chi connectivity index (χ4v) is 4.23. The lowest BCUT2D eigenvalue weighted by atomic mass is 10.1. The Kier molecular flexibility index (Phi) is 7.70. The van der Waals surface area contributed by atoms with Crippen LogP contribution in [0.3, 0.4) is 0 Å². The number of hydrogen-bond acceptors (Lipinski definition) is 5. The van der Waals surface area contributed by atoms with Crippen LogP contribution < -0.4 is 14.8 Å². The summed E-state index contributed by atoms with van der Waals surface area (Å²) in [6, 6.07) is 6.13. The number of benzene rings is 1. The molecule has 7 nitrogen and oxygen atoms in total. The van der Waals surface area contributed by atoms with Crippen molar-refractivity contribution in [3.8, 4) is 11.5 Å². The van der Waals surface area contributed by atoms with Gasteiger partial charge in [-0.1, -0.05) is 6.07 Å². The standard InChI is InChI=1S/C23H35N3O4/c1-2-24-23(25-11-8-18-6-7-21-22(15-18)30-17-29-21)26-12-9-19(10-13-26)28-16-20-5-3-4-14-27-20/h6-7,15,19-20H,2-5,8-14,16-17H2,1H3,(H,24,25). The van der Waals surface area contributed by atoms with E-state index in [9.17, 15) is 0 Å². The second-order valence-corrected chi connectivity index (χ2v) is 8.18. The summed E-state index contributed by atoms with van der Waals surface area (Å²) >= 11 is 0. The van der Waals surface area contributed by atoms with Crippen molar-refractivity contribution >= 4 is 5.96 Å². The quantitative estimate of drug-likeness (QED) is 0.544. The van der Waals surface area contributed by atoms with Crippen molar-refractivity contribution in [1.29, 1.82) is 0 Å². The van der Waals surface area contributed by atoms with Crippen molar-refractivity contribution in [2.24, 2.45) is 4.99 Å². The van der Waals surface area contributed by atoms with E-state index in [4.69, 9.17) is 23.9 Å². The number of likely N-dealkylation sites (tertiary alicyclic amines) is 1. The number of ether oxygens (including phenoxy) is 4. The van der Waals surface area contributed by atoms with Crippen LogP contribution in [0.5, 0.6) is 11.5 Å². The van der Waals surface area contributed by atoms with Crippen molar-refractivity contribution in [3.05, 3.63) is 23.8 Å². The van der Waals surface area contributed by atoms with Gasteiger partial charge in [-0.3, -0.25) is 4.99 Å². The van der Waals surface area contributed by atoms with E-state index in [0.717, 1.165) is 82.5 Å². The molecular weight excluding hydrogens is 382 g/mol. The van der Waals surface area contributed by atoms with Gasteiger partial charge in [-0.25, -0.2) is 0 Å². The molecule has 1 aromatic rings. The minimum Gasteiger partial charge on any atom is -0.454 e. The number of aliphatic imine (C=N–C) groups is 1. The molecule has 1 atom stereocenters. The molecule has 0 aliphatic carbocycles. The first kappa shape index (κ1) is 21.2. The Labute approximate surface area is 179 Å². The summed E-state index contributed by atoms with van der Waals surface area (Å²) in [7, 11) is 0. The van der Waals surface area contributed by atoms with Crippen LogP contribution in [-0.2, 0) is 15.9 Å². The molecular formula is C23H35N3O4. The molecule has 7 heteroatoms. The maximum absolute atomic E-state index is 6.15. The Hall–Kier alpha value is -1.99. The van der Waals surface area contributed by atoms with Crippen molar-refractivity contribution in [2.45, 2.75) is 57.7 Å². The van der Waals surface area contributed by atoms with Crippen LogP contribution >= 0.6 is 0 Å². The zero-order valence-corrected chi connectivity index (χ0v) is 18.1. The molecule has 3 aliphatic heterocycles. The first-order valence-corrected chi connectivity index (χ1v) is 11.5. The molecule has 30 heavy (non-hydrogen) atoms. The third-order valence-corrected chi connectivity index (χ3v) is 5.97. The van der Waals surface area contributed by atoms with Crippen LogP contribution in [-0.4, -0.2) is 69.3 Å². The third-order valence-electron chi connectivity index (χ3n) is 5.97. The first-order valence-electron chi connectivity index (χ1n) is 11.5. The maximum Gasteiger partial charge on any atom is 0.231 e. The molecule has 1 unspecified atom stereocenters. The summed E-state index contributed by atoms with van der Waals surface area (Å²) in [6.07, 6.45) is 7.19. The van der Waals surface area contributed by atoms with E-state index in [1.165, 1.54) is 18.4 Å². The molecule has 0 bridgehead atoms. The summed E-state index contributed by atoms with van der Waals surface area (Å²) in [5.74, 6) is 2.67. The maximum atomic E-state index is 6.15. The number of piperidine rings is 1. The molecule has 3 heterocycles. The second-order valence-electron chi connectivity index (χ2n) is 8.18. The van der Waals surface area contributed by atoms with Crippen molar-refractivity contribution in [3.63, 3.8) is 0 Å². The Morgan fingerprint density at radius 1 is 1.17 bits per heavy atom. The van der Waals surface area contributed by atoms with E-state index in [0.29, 0.717) is 19.0 Å². The molecule has 2 fully saturated rings. The van der Waals surface area contributed by atoms with Gasteiger partial charge in [0.2, 0.25) is 6.79 Å². The van der Waals surface area contributed by atoms with E-state index in [1.807, 2.05) is 6.07 Å². The molecule has 166 valence electrons. The van der Waals surface area contributed by atoms with E-state index in [2.05, 4.69) is 29.3 Å². The van der Waals surface area contributed by atoms with Gasteiger partial charge in [0, 0.05) is 32.8 Å². The molecule has 0 radical (unpaired) electrons. The highest BCUT2D eigenvalue weighted by molar-refractivity contribution is 5.80. The minimum absolute atomic E-state index is 0.298. The predicted molar refractivity (Wildman–Crippen MR) is 116 cm³/mol. The largest absolute Gasteiger partial charge is 0.454 e. The molecule has 4 rings (SSSR count). The lowest BCUT2D eigenvalue weighted by molar-refractivity contribution is -0.0721. The van der Waals surface area contributed by atoms with E-state index in [-0.39, 0.29) is 0 Å². The molecule has 3 aliphatic rings. The van der Waals surface area contributed by atoms with Crippen LogP contribution in [0.15, 0.2) is 23.2 Å². The Morgan fingerprint density at radius 3 is 2.83 bits per heavy atom. The van der Waals surface area contributed by atoms with Gasteiger partial charge in [-0.05, 0) is 63.1 Å². The number of rotatable bonds is 7. The summed E-state index contributed by atoms with van der Waals surface area (Å²) in [4.78, 5) is 7.23. The van der Waals surface area contributed by atoms with Gasteiger partial charge in [0.25, 0.3) is 0 Å².